The van der Waals surface area contributed by atoms with Gasteiger partial charge in [-0.2, -0.15) is 0 Å². The Bertz CT molecular complexity index is 526. The van der Waals surface area contributed by atoms with Crippen LogP contribution in [-0.4, -0.2) is 53.0 Å². The molecule has 1 fully saturated rings. The van der Waals surface area contributed by atoms with Crippen LogP contribution in [0.4, 0.5) is 0 Å². The van der Waals surface area contributed by atoms with Gasteiger partial charge in [-0.1, -0.05) is 60.7 Å². The molecule has 0 amide bonds. The predicted molar refractivity (Wildman–Crippen MR) is 92.4 cm³/mol. The highest BCUT2D eigenvalue weighted by molar-refractivity contribution is 5.15. The maximum atomic E-state index is 9.29. The number of hydrogen-bond acceptors (Lipinski definition) is 4. The van der Waals surface area contributed by atoms with Crippen LogP contribution in [0.3, 0.4) is 0 Å². The summed E-state index contributed by atoms with van der Waals surface area (Å²) in [5.74, 6) is 0. The SMILES string of the molecule is OCCN1CN(Cc2ccccc2)CN(Cc2ccccc2)C1. The highest BCUT2D eigenvalue weighted by Crippen LogP contribution is 2.14. The number of β-amino-alcohol motifs (C(OH)–C–C–N with tert-alkyl or cyclic N) is 1. The van der Waals surface area contributed by atoms with E-state index in [0.29, 0.717) is 0 Å². The van der Waals surface area contributed by atoms with Gasteiger partial charge < -0.3 is 5.11 Å². The van der Waals surface area contributed by atoms with Crippen LogP contribution >= 0.6 is 0 Å². The summed E-state index contributed by atoms with van der Waals surface area (Å²) in [4.78, 5) is 7.16. The largest absolute Gasteiger partial charge is 0.395 e. The van der Waals surface area contributed by atoms with E-state index in [4.69, 9.17) is 0 Å². The van der Waals surface area contributed by atoms with Crippen LogP contribution in [0.1, 0.15) is 11.1 Å². The first-order chi connectivity index (χ1) is 11.3. The summed E-state index contributed by atoms with van der Waals surface area (Å²) in [5.41, 5.74) is 2.66. The third kappa shape index (κ3) is 4.88. The zero-order valence-corrected chi connectivity index (χ0v) is 13.5. The fourth-order valence-corrected chi connectivity index (χ4v) is 3.15. The van der Waals surface area contributed by atoms with Gasteiger partial charge in [0.1, 0.15) is 0 Å². The van der Waals surface area contributed by atoms with Crippen LogP contribution < -0.4 is 0 Å². The lowest BCUT2D eigenvalue weighted by Crippen LogP contribution is -2.54. The lowest BCUT2D eigenvalue weighted by molar-refractivity contribution is -0.0431. The Morgan fingerprint density at radius 1 is 0.652 bits per heavy atom. The second-order valence-corrected chi connectivity index (χ2v) is 6.17. The Morgan fingerprint density at radius 3 is 1.52 bits per heavy atom. The first kappa shape index (κ1) is 16.1. The fourth-order valence-electron chi connectivity index (χ4n) is 3.15. The molecule has 1 aliphatic heterocycles. The molecule has 0 aliphatic carbocycles. The molecular formula is C19H25N3O. The van der Waals surface area contributed by atoms with Gasteiger partial charge in [0, 0.05) is 19.6 Å². The van der Waals surface area contributed by atoms with E-state index in [0.717, 1.165) is 39.6 Å². The monoisotopic (exact) mass is 311 g/mol. The second kappa shape index (κ2) is 8.22. The number of rotatable bonds is 6. The minimum absolute atomic E-state index is 0.207. The molecule has 1 aliphatic rings. The van der Waals surface area contributed by atoms with Crippen LogP contribution in [0, 0.1) is 0 Å². The Kier molecular flexibility index (Phi) is 5.77. The molecule has 1 heterocycles. The van der Waals surface area contributed by atoms with E-state index in [-0.39, 0.29) is 6.61 Å². The Morgan fingerprint density at radius 2 is 1.09 bits per heavy atom. The summed E-state index contributed by atoms with van der Waals surface area (Å²) in [6.45, 7) is 5.56. The Balaban J connectivity index is 1.65. The van der Waals surface area contributed by atoms with Crippen molar-refractivity contribution in [2.45, 2.75) is 13.1 Å². The van der Waals surface area contributed by atoms with Gasteiger partial charge in [0.05, 0.1) is 26.6 Å². The molecule has 1 N–H and O–H groups in total. The minimum Gasteiger partial charge on any atom is -0.395 e. The molecule has 0 unspecified atom stereocenters. The first-order valence-corrected chi connectivity index (χ1v) is 8.19. The quantitative estimate of drug-likeness (QED) is 0.885. The summed E-state index contributed by atoms with van der Waals surface area (Å²) >= 11 is 0. The molecular weight excluding hydrogens is 286 g/mol. The molecule has 122 valence electrons. The van der Waals surface area contributed by atoms with Crippen molar-refractivity contribution in [1.29, 1.82) is 0 Å². The van der Waals surface area contributed by atoms with Crippen LogP contribution in [0.15, 0.2) is 60.7 Å². The van der Waals surface area contributed by atoms with Crippen molar-refractivity contribution in [3.8, 4) is 0 Å². The van der Waals surface area contributed by atoms with Gasteiger partial charge >= 0.3 is 0 Å². The van der Waals surface area contributed by atoms with Crippen molar-refractivity contribution < 1.29 is 5.11 Å². The molecule has 0 spiro atoms. The first-order valence-electron chi connectivity index (χ1n) is 8.19. The maximum absolute atomic E-state index is 9.29. The summed E-state index contributed by atoms with van der Waals surface area (Å²) in [5, 5.41) is 9.29. The minimum atomic E-state index is 0.207. The lowest BCUT2D eigenvalue weighted by Gasteiger charge is -2.42. The molecule has 3 rings (SSSR count). The van der Waals surface area contributed by atoms with Gasteiger partial charge in [-0.15, -0.1) is 0 Å². The molecule has 0 atom stereocenters. The average Bonchev–Trinajstić information content (AvgIpc) is 2.57. The van der Waals surface area contributed by atoms with Gasteiger partial charge in [-0.3, -0.25) is 14.7 Å². The van der Waals surface area contributed by atoms with E-state index in [1.54, 1.807) is 0 Å². The van der Waals surface area contributed by atoms with Crippen molar-refractivity contribution >= 4 is 0 Å². The zero-order valence-electron chi connectivity index (χ0n) is 13.5. The van der Waals surface area contributed by atoms with E-state index >= 15 is 0 Å². The van der Waals surface area contributed by atoms with Gasteiger partial charge in [0.2, 0.25) is 0 Å². The van der Waals surface area contributed by atoms with Crippen molar-refractivity contribution in [2.75, 3.05) is 33.2 Å². The highest BCUT2D eigenvalue weighted by Gasteiger charge is 2.23. The van der Waals surface area contributed by atoms with E-state index in [2.05, 4.69) is 75.4 Å². The molecule has 23 heavy (non-hydrogen) atoms. The summed E-state index contributed by atoms with van der Waals surface area (Å²) in [6.07, 6.45) is 0. The van der Waals surface area contributed by atoms with E-state index in [1.165, 1.54) is 11.1 Å². The third-order valence-electron chi connectivity index (χ3n) is 4.11. The standard InChI is InChI=1S/C19H25N3O/c23-12-11-20-15-21(13-18-7-3-1-4-8-18)17-22(16-20)14-19-9-5-2-6-10-19/h1-10,23H,11-17H2. The molecule has 2 aromatic carbocycles. The molecule has 0 saturated carbocycles. The number of benzene rings is 2. The van der Waals surface area contributed by atoms with Gasteiger partial charge in [-0.05, 0) is 11.1 Å². The summed E-state index contributed by atoms with van der Waals surface area (Å²) in [7, 11) is 0. The van der Waals surface area contributed by atoms with E-state index in [1.807, 2.05) is 0 Å². The normalized spacial score (nSPS) is 17.4. The van der Waals surface area contributed by atoms with E-state index in [9.17, 15) is 5.11 Å². The molecule has 1 saturated heterocycles. The van der Waals surface area contributed by atoms with Gasteiger partial charge in [0.25, 0.3) is 0 Å². The van der Waals surface area contributed by atoms with Crippen LogP contribution in [0.25, 0.3) is 0 Å². The number of aliphatic hydroxyl groups excluding tert-OH is 1. The van der Waals surface area contributed by atoms with Crippen molar-refractivity contribution in [1.82, 2.24) is 14.7 Å². The molecule has 0 bridgehead atoms. The average molecular weight is 311 g/mol. The maximum Gasteiger partial charge on any atom is 0.0559 e. The van der Waals surface area contributed by atoms with Crippen LogP contribution in [0.2, 0.25) is 0 Å². The van der Waals surface area contributed by atoms with Crippen molar-refractivity contribution in [3.05, 3.63) is 71.8 Å². The number of aliphatic hydroxyl groups is 1. The number of hydrogen-bond donors (Lipinski definition) is 1. The summed E-state index contributed by atoms with van der Waals surface area (Å²) in [6, 6.07) is 21.2. The Hall–Kier alpha value is -1.72. The van der Waals surface area contributed by atoms with E-state index < -0.39 is 0 Å². The smallest absolute Gasteiger partial charge is 0.0559 e. The molecule has 0 aromatic heterocycles. The molecule has 4 nitrogen and oxygen atoms in total. The molecule has 4 heteroatoms. The van der Waals surface area contributed by atoms with Crippen LogP contribution in [0.5, 0.6) is 0 Å². The highest BCUT2D eigenvalue weighted by atomic mass is 16.3. The van der Waals surface area contributed by atoms with Crippen LogP contribution in [-0.2, 0) is 13.1 Å². The predicted octanol–water partition coefficient (Wildman–Crippen LogP) is 2.17. The lowest BCUT2D eigenvalue weighted by atomic mass is 10.2. The number of nitrogens with zero attached hydrogens (tertiary/aromatic N) is 3. The van der Waals surface area contributed by atoms with Gasteiger partial charge in [-0.25, -0.2) is 0 Å². The summed E-state index contributed by atoms with van der Waals surface area (Å²) < 4.78 is 0. The third-order valence-corrected chi connectivity index (χ3v) is 4.11. The van der Waals surface area contributed by atoms with Gasteiger partial charge in [0.15, 0.2) is 0 Å². The molecule has 0 radical (unpaired) electrons. The second-order valence-electron chi connectivity index (χ2n) is 6.17. The fraction of sp³-hybridized carbons (Fsp3) is 0.368. The Labute approximate surface area is 138 Å². The topological polar surface area (TPSA) is 30.0 Å². The molecule has 2 aromatic rings. The van der Waals surface area contributed by atoms with Crippen molar-refractivity contribution in [2.24, 2.45) is 0 Å². The van der Waals surface area contributed by atoms with Crippen molar-refractivity contribution in [3.63, 3.8) is 0 Å². The zero-order chi connectivity index (χ0) is 15.9.